The van der Waals surface area contributed by atoms with Crippen LogP contribution in [0.3, 0.4) is 0 Å². The van der Waals surface area contributed by atoms with Gasteiger partial charge >= 0.3 is 6.18 Å². The molecule has 0 radical (unpaired) electrons. The van der Waals surface area contributed by atoms with E-state index in [2.05, 4.69) is 10.3 Å². The third kappa shape index (κ3) is 3.31. The average molecular weight is 291 g/mol. The van der Waals surface area contributed by atoms with Crippen LogP contribution in [-0.2, 0) is 6.18 Å². The first kappa shape index (κ1) is 14.9. The summed E-state index contributed by atoms with van der Waals surface area (Å²) in [6.45, 7) is 2.46. The van der Waals surface area contributed by atoms with Crippen LogP contribution in [0.15, 0.2) is 36.4 Å². The first-order valence-corrected chi connectivity index (χ1v) is 6.28. The van der Waals surface area contributed by atoms with Gasteiger partial charge in [0.05, 0.1) is 16.8 Å². The highest BCUT2D eigenvalue weighted by Crippen LogP contribution is 2.31. The SMILES string of the molecule is CCNc1nc(-c2ccc(C(F)(F)F)cc2)ccc1C#N. The molecule has 1 heterocycles. The van der Waals surface area contributed by atoms with Crippen LogP contribution in [0.4, 0.5) is 19.0 Å². The predicted molar refractivity (Wildman–Crippen MR) is 73.6 cm³/mol. The first-order valence-electron chi connectivity index (χ1n) is 6.28. The topological polar surface area (TPSA) is 48.7 Å². The molecule has 0 atom stereocenters. The summed E-state index contributed by atoms with van der Waals surface area (Å²) in [5.41, 5.74) is 0.768. The molecule has 0 spiro atoms. The molecule has 0 unspecified atom stereocenters. The fourth-order valence-electron chi connectivity index (χ4n) is 1.84. The van der Waals surface area contributed by atoms with Crippen LogP contribution < -0.4 is 5.32 Å². The molecule has 1 aromatic carbocycles. The van der Waals surface area contributed by atoms with Crippen molar-refractivity contribution in [3.63, 3.8) is 0 Å². The summed E-state index contributed by atoms with van der Waals surface area (Å²) >= 11 is 0. The highest BCUT2D eigenvalue weighted by Gasteiger charge is 2.30. The number of benzene rings is 1. The van der Waals surface area contributed by atoms with Gasteiger partial charge in [-0.1, -0.05) is 12.1 Å². The molecule has 2 aromatic rings. The molecule has 0 aliphatic heterocycles. The number of hydrogen-bond acceptors (Lipinski definition) is 3. The fourth-order valence-corrected chi connectivity index (χ4v) is 1.84. The number of aromatic nitrogens is 1. The molecule has 0 saturated carbocycles. The van der Waals surface area contributed by atoms with Crippen LogP contribution in [0.1, 0.15) is 18.1 Å². The van der Waals surface area contributed by atoms with Crippen LogP contribution >= 0.6 is 0 Å². The van der Waals surface area contributed by atoms with Crippen molar-refractivity contribution in [2.75, 3.05) is 11.9 Å². The lowest BCUT2D eigenvalue weighted by atomic mass is 10.1. The Kier molecular flexibility index (Phi) is 4.13. The summed E-state index contributed by atoms with van der Waals surface area (Å²) in [6, 6.07) is 9.99. The van der Waals surface area contributed by atoms with E-state index in [1.54, 1.807) is 12.1 Å². The lowest BCUT2D eigenvalue weighted by Crippen LogP contribution is -2.04. The lowest BCUT2D eigenvalue weighted by Gasteiger charge is -2.09. The molecule has 3 nitrogen and oxygen atoms in total. The van der Waals surface area contributed by atoms with Crippen molar-refractivity contribution in [3.05, 3.63) is 47.5 Å². The van der Waals surface area contributed by atoms with E-state index in [4.69, 9.17) is 5.26 Å². The first-order chi connectivity index (χ1) is 9.95. The minimum atomic E-state index is -4.36. The molecular weight excluding hydrogens is 279 g/mol. The van der Waals surface area contributed by atoms with Crippen molar-refractivity contribution >= 4 is 5.82 Å². The Bertz CT molecular complexity index is 670. The van der Waals surface area contributed by atoms with Gasteiger partial charge in [0, 0.05) is 12.1 Å². The van der Waals surface area contributed by atoms with Crippen molar-refractivity contribution in [2.45, 2.75) is 13.1 Å². The Balaban J connectivity index is 2.38. The Morgan fingerprint density at radius 3 is 2.33 bits per heavy atom. The smallest absolute Gasteiger partial charge is 0.369 e. The summed E-state index contributed by atoms with van der Waals surface area (Å²) in [7, 11) is 0. The quantitative estimate of drug-likeness (QED) is 0.927. The van der Waals surface area contributed by atoms with Crippen molar-refractivity contribution in [1.29, 1.82) is 5.26 Å². The zero-order valence-electron chi connectivity index (χ0n) is 11.2. The van der Waals surface area contributed by atoms with Gasteiger partial charge in [-0.15, -0.1) is 0 Å². The Morgan fingerprint density at radius 2 is 1.81 bits per heavy atom. The maximum Gasteiger partial charge on any atom is 0.416 e. The van der Waals surface area contributed by atoms with E-state index in [1.165, 1.54) is 12.1 Å². The fraction of sp³-hybridized carbons (Fsp3) is 0.200. The Labute approximate surface area is 120 Å². The highest BCUT2D eigenvalue weighted by atomic mass is 19.4. The second-order valence-corrected chi connectivity index (χ2v) is 4.31. The summed E-state index contributed by atoms with van der Waals surface area (Å²) in [5.74, 6) is 0.428. The summed E-state index contributed by atoms with van der Waals surface area (Å²) in [6.07, 6.45) is -4.36. The maximum absolute atomic E-state index is 12.5. The van der Waals surface area contributed by atoms with Gasteiger partial charge in [-0.25, -0.2) is 4.98 Å². The molecule has 0 saturated heterocycles. The van der Waals surface area contributed by atoms with E-state index >= 15 is 0 Å². The molecule has 1 N–H and O–H groups in total. The number of nitrogens with one attached hydrogen (secondary N) is 1. The molecule has 108 valence electrons. The highest BCUT2D eigenvalue weighted by molar-refractivity contribution is 5.65. The number of rotatable bonds is 3. The zero-order valence-corrected chi connectivity index (χ0v) is 11.2. The number of halogens is 3. The van der Waals surface area contributed by atoms with Gasteiger partial charge in [0.25, 0.3) is 0 Å². The zero-order chi connectivity index (χ0) is 15.5. The molecule has 6 heteroatoms. The van der Waals surface area contributed by atoms with Crippen LogP contribution in [-0.4, -0.2) is 11.5 Å². The second-order valence-electron chi connectivity index (χ2n) is 4.31. The Hall–Kier alpha value is -2.55. The van der Waals surface area contributed by atoms with Gasteiger partial charge in [0.1, 0.15) is 11.9 Å². The van der Waals surface area contributed by atoms with E-state index in [0.717, 1.165) is 12.1 Å². The van der Waals surface area contributed by atoms with E-state index in [9.17, 15) is 13.2 Å². The van der Waals surface area contributed by atoms with Crippen molar-refractivity contribution in [2.24, 2.45) is 0 Å². The van der Waals surface area contributed by atoms with Crippen molar-refractivity contribution < 1.29 is 13.2 Å². The largest absolute Gasteiger partial charge is 0.416 e. The molecule has 2 rings (SSSR count). The van der Waals surface area contributed by atoms with Gasteiger partial charge in [0.15, 0.2) is 0 Å². The van der Waals surface area contributed by atoms with Gasteiger partial charge < -0.3 is 5.32 Å². The predicted octanol–water partition coefficient (Wildman–Crippen LogP) is 4.07. The van der Waals surface area contributed by atoms with E-state index in [-0.39, 0.29) is 0 Å². The molecule has 21 heavy (non-hydrogen) atoms. The number of hydrogen-bond donors (Lipinski definition) is 1. The number of nitriles is 1. The van der Waals surface area contributed by atoms with Crippen molar-refractivity contribution in [1.82, 2.24) is 4.98 Å². The monoisotopic (exact) mass is 291 g/mol. The lowest BCUT2D eigenvalue weighted by molar-refractivity contribution is -0.137. The standard InChI is InChI=1S/C15H12F3N3/c1-2-20-14-11(9-19)5-8-13(21-14)10-3-6-12(7-4-10)15(16,17)18/h3-8H,2H2,1H3,(H,20,21). The van der Waals surface area contributed by atoms with Gasteiger partial charge in [-0.2, -0.15) is 18.4 Å². The van der Waals surface area contributed by atoms with Crippen LogP contribution in [0, 0.1) is 11.3 Å². The number of alkyl halides is 3. The van der Waals surface area contributed by atoms with Gasteiger partial charge in [-0.3, -0.25) is 0 Å². The average Bonchev–Trinajstić information content (AvgIpc) is 2.47. The van der Waals surface area contributed by atoms with Crippen LogP contribution in [0.25, 0.3) is 11.3 Å². The third-order valence-electron chi connectivity index (χ3n) is 2.87. The summed E-state index contributed by atoms with van der Waals surface area (Å²) in [5, 5.41) is 11.9. The number of nitrogens with zero attached hydrogens (tertiary/aromatic N) is 2. The van der Waals surface area contributed by atoms with Crippen LogP contribution in [0.5, 0.6) is 0 Å². The molecular formula is C15H12F3N3. The molecule has 1 aromatic heterocycles. The minimum Gasteiger partial charge on any atom is -0.369 e. The van der Waals surface area contributed by atoms with Crippen LogP contribution in [0.2, 0.25) is 0 Å². The third-order valence-corrected chi connectivity index (χ3v) is 2.87. The molecule has 0 amide bonds. The van der Waals surface area contributed by atoms with E-state index < -0.39 is 11.7 Å². The summed E-state index contributed by atoms with van der Waals surface area (Å²) < 4.78 is 37.6. The molecule has 0 bridgehead atoms. The molecule has 0 fully saturated rings. The Morgan fingerprint density at radius 1 is 1.14 bits per heavy atom. The minimum absolute atomic E-state index is 0.396. The number of pyridine rings is 1. The van der Waals surface area contributed by atoms with Gasteiger partial charge in [0.2, 0.25) is 0 Å². The van der Waals surface area contributed by atoms with Crippen molar-refractivity contribution in [3.8, 4) is 17.3 Å². The van der Waals surface area contributed by atoms with Gasteiger partial charge in [-0.05, 0) is 31.2 Å². The second kappa shape index (κ2) is 5.83. The molecule has 0 aliphatic rings. The van der Waals surface area contributed by atoms with E-state index in [1.807, 2.05) is 13.0 Å². The maximum atomic E-state index is 12.5. The summed E-state index contributed by atoms with van der Waals surface area (Å²) in [4.78, 5) is 4.28. The van der Waals surface area contributed by atoms with E-state index in [0.29, 0.717) is 29.2 Å². The number of anilines is 1. The normalized spacial score (nSPS) is 11.0. The molecule has 0 aliphatic carbocycles.